The van der Waals surface area contributed by atoms with Crippen LogP contribution in [0.2, 0.25) is 0 Å². The first kappa shape index (κ1) is 15.7. The van der Waals surface area contributed by atoms with Gasteiger partial charge in [0.1, 0.15) is 5.82 Å². The summed E-state index contributed by atoms with van der Waals surface area (Å²) in [7, 11) is 0. The molecule has 2 unspecified atom stereocenters. The number of hydrogen-bond donors (Lipinski definition) is 1. The number of amides is 1. The van der Waals surface area contributed by atoms with Gasteiger partial charge in [0, 0.05) is 18.5 Å². The Morgan fingerprint density at radius 2 is 2.04 bits per heavy atom. The van der Waals surface area contributed by atoms with Crippen LogP contribution in [0.5, 0.6) is 0 Å². The second kappa shape index (κ2) is 6.59. The molecule has 6 heteroatoms. The van der Waals surface area contributed by atoms with E-state index in [1.807, 2.05) is 0 Å². The standard InChI is InChI=1S/C18H22N4OS/c1-2-22-17(15-10-14(15)12-6-4-3-5-7-12)20-21-18(22)24-11-16(23)19-13-8-9-13/h3-7,13-15H,2,8-11H2,1H3,(H,19,23). The number of carbonyl (C=O) groups is 1. The molecule has 2 aromatic rings. The largest absolute Gasteiger partial charge is 0.353 e. The molecule has 5 nitrogen and oxygen atoms in total. The minimum absolute atomic E-state index is 0.100. The van der Waals surface area contributed by atoms with Crippen LogP contribution in [-0.2, 0) is 11.3 Å². The zero-order chi connectivity index (χ0) is 16.5. The van der Waals surface area contributed by atoms with Crippen LogP contribution in [0.4, 0.5) is 0 Å². The SMILES string of the molecule is CCn1c(SCC(=O)NC2CC2)nnc1C1CC1c1ccccc1. The summed E-state index contributed by atoms with van der Waals surface area (Å²) in [6, 6.07) is 11.0. The maximum atomic E-state index is 11.9. The van der Waals surface area contributed by atoms with Gasteiger partial charge in [0.15, 0.2) is 5.16 Å². The molecule has 0 radical (unpaired) electrons. The summed E-state index contributed by atoms with van der Waals surface area (Å²) >= 11 is 1.49. The maximum Gasteiger partial charge on any atom is 0.230 e. The summed E-state index contributed by atoms with van der Waals surface area (Å²) in [6.45, 7) is 2.95. The van der Waals surface area contributed by atoms with E-state index >= 15 is 0 Å². The number of hydrogen-bond acceptors (Lipinski definition) is 4. The van der Waals surface area contributed by atoms with Crippen LogP contribution in [0.3, 0.4) is 0 Å². The molecule has 126 valence electrons. The van der Waals surface area contributed by atoms with Crippen molar-refractivity contribution in [3.05, 3.63) is 41.7 Å². The Labute approximate surface area is 146 Å². The van der Waals surface area contributed by atoms with Crippen molar-refractivity contribution in [3.8, 4) is 0 Å². The summed E-state index contributed by atoms with van der Waals surface area (Å²) in [6.07, 6.45) is 3.37. The van der Waals surface area contributed by atoms with Gasteiger partial charge in [-0.15, -0.1) is 10.2 Å². The van der Waals surface area contributed by atoms with E-state index in [-0.39, 0.29) is 5.91 Å². The summed E-state index contributed by atoms with van der Waals surface area (Å²) < 4.78 is 2.17. The molecule has 1 aromatic carbocycles. The van der Waals surface area contributed by atoms with Gasteiger partial charge < -0.3 is 9.88 Å². The fourth-order valence-corrected chi connectivity index (χ4v) is 3.97. The molecule has 0 spiro atoms. The van der Waals surface area contributed by atoms with Crippen molar-refractivity contribution in [2.75, 3.05) is 5.75 Å². The third-order valence-electron chi connectivity index (χ3n) is 4.69. The minimum atomic E-state index is 0.100. The molecule has 0 saturated heterocycles. The molecule has 1 amide bonds. The van der Waals surface area contributed by atoms with E-state index in [2.05, 4.69) is 57.3 Å². The van der Waals surface area contributed by atoms with Crippen molar-refractivity contribution >= 4 is 17.7 Å². The number of nitrogens with one attached hydrogen (secondary N) is 1. The zero-order valence-electron chi connectivity index (χ0n) is 13.8. The Morgan fingerprint density at radius 3 is 2.75 bits per heavy atom. The van der Waals surface area contributed by atoms with Gasteiger partial charge in [0.05, 0.1) is 5.75 Å². The van der Waals surface area contributed by atoms with Crippen molar-refractivity contribution in [1.29, 1.82) is 0 Å². The number of nitrogens with zero attached hydrogens (tertiary/aromatic N) is 3. The molecule has 1 heterocycles. The van der Waals surface area contributed by atoms with Gasteiger partial charge in [-0.25, -0.2) is 0 Å². The topological polar surface area (TPSA) is 59.8 Å². The highest BCUT2D eigenvalue weighted by atomic mass is 32.2. The molecule has 2 atom stereocenters. The van der Waals surface area contributed by atoms with Crippen molar-refractivity contribution in [3.63, 3.8) is 0 Å². The second-order valence-corrected chi connectivity index (χ2v) is 7.52. The molecule has 2 saturated carbocycles. The second-order valence-electron chi connectivity index (χ2n) is 6.57. The fraction of sp³-hybridized carbons (Fsp3) is 0.500. The monoisotopic (exact) mass is 342 g/mol. The lowest BCUT2D eigenvalue weighted by molar-refractivity contribution is -0.118. The number of carbonyl (C=O) groups excluding carboxylic acids is 1. The highest BCUT2D eigenvalue weighted by Crippen LogP contribution is 2.54. The van der Waals surface area contributed by atoms with Gasteiger partial charge in [-0.3, -0.25) is 4.79 Å². The fourth-order valence-electron chi connectivity index (χ4n) is 3.15. The Bertz CT molecular complexity index is 726. The summed E-state index contributed by atoms with van der Waals surface area (Å²) in [4.78, 5) is 11.9. The quantitative estimate of drug-likeness (QED) is 0.786. The van der Waals surface area contributed by atoms with Crippen LogP contribution in [0.15, 0.2) is 35.5 Å². The zero-order valence-corrected chi connectivity index (χ0v) is 14.6. The summed E-state index contributed by atoms with van der Waals surface area (Å²) in [5, 5.41) is 12.6. The van der Waals surface area contributed by atoms with Crippen molar-refractivity contribution in [1.82, 2.24) is 20.1 Å². The Morgan fingerprint density at radius 1 is 1.25 bits per heavy atom. The van der Waals surface area contributed by atoms with Crippen LogP contribution >= 0.6 is 11.8 Å². The van der Waals surface area contributed by atoms with Gasteiger partial charge in [0.25, 0.3) is 0 Å². The highest BCUT2D eigenvalue weighted by molar-refractivity contribution is 7.99. The van der Waals surface area contributed by atoms with Crippen LogP contribution in [0.1, 0.15) is 49.4 Å². The number of thioether (sulfide) groups is 1. The molecule has 2 aliphatic rings. The van der Waals surface area contributed by atoms with E-state index in [0.29, 0.717) is 23.6 Å². The molecule has 1 N–H and O–H groups in total. The molecular formula is C18H22N4OS. The lowest BCUT2D eigenvalue weighted by Gasteiger charge is -2.07. The molecule has 0 bridgehead atoms. The van der Waals surface area contributed by atoms with Gasteiger partial charge in [-0.05, 0) is 37.7 Å². The lowest BCUT2D eigenvalue weighted by Crippen LogP contribution is -2.27. The van der Waals surface area contributed by atoms with E-state index < -0.39 is 0 Å². The summed E-state index contributed by atoms with van der Waals surface area (Å²) in [5.41, 5.74) is 1.38. The molecule has 2 fully saturated rings. The normalized spacial score (nSPS) is 22.4. The third-order valence-corrected chi connectivity index (χ3v) is 5.65. The van der Waals surface area contributed by atoms with E-state index in [1.165, 1.54) is 17.3 Å². The van der Waals surface area contributed by atoms with E-state index in [1.54, 1.807) is 0 Å². The van der Waals surface area contributed by atoms with Crippen LogP contribution in [0.25, 0.3) is 0 Å². The van der Waals surface area contributed by atoms with Crippen molar-refractivity contribution in [2.24, 2.45) is 0 Å². The van der Waals surface area contributed by atoms with Crippen molar-refractivity contribution in [2.45, 2.75) is 55.8 Å². The highest BCUT2D eigenvalue weighted by Gasteiger charge is 2.43. The first-order chi connectivity index (χ1) is 11.8. The predicted molar refractivity (Wildman–Crippen MR) is 94.1 cm³/mol. The van der Waals surface area contributed by atoms with Crippen LogP contribution in [0, 0.1) is 0 Å². The van der Waals surface area contributed by atoms with Crippen molar-refractivity contribution < 1.29 is 4.79 Å². The Kier molecular flexibility index (Phi) is 4.31. The van der Waals surface area contributed by atoms with Crippen LogP contribution < -0.4 is 5.32 Å². The van der Waals surface area contributed by atoms with Gasteiger partial charge in [-0.2, -0.15) is 0 Å². The molecule has 4 rings (SSSR count). The number of rotatable bonds is 7. The average molecular weight is 342 g/mol. The predicted octanol–water partition coefficient (Wildman–Crippen LogP) is 2.94. The molecule has 1 aromatic heterocycles. The van der Waals surface area contributed by atoms with Gasteiger partial charge in [-0.1, -0.05) is 42.1 Å². The minimum Gasteiger partial charge on any atom is -0.353 e. The van der Waals surface area contributed by atoms with E-state index in [9.17, 15) is 4.79 Å². The molecule has 2 aliphatic carbocycles. The molecule has 24 heavy (non-hydrogen) atoms. The average Bonchev–Trinajstić information content (AvgIpc) is 3.53. The first-order valence-electron chi connectivity index (χ1n) is 8.66. The number of benzene rings is 1. The third kappa shape index (κ3) is 3.34. The smallest absolute Gasteiger partial charge is 0.230 e. The summed E-state index contributed by atoms with van der Waals surface area (Å²) in [5.74, 6) is 2.59. The van der Waals surface area contributed by atoms with Gasteiger partial charge >= 0.3 is 0 Å². The molecular weight excluding hydrogens is 320 g/mol. The number of aromatic nitrogens is 3. The first-order valence-corrected chi connectivity index (χ1v) is 9.65. The van der Waals surface area contributed by atoms with Crippen LogP contribution in [-0.4, -0.2) is 32.5 Å². The van der Waals surface area contributed by atoms with Gasteiger partial charge in [0.2, 0.25) is 5.91 Å². The lowest BCUT2D eigenvalue weighted by atomic mass is 10.1. The van der Waals surface area contributed by atoms with E-state index in [4.69, 9.17) is 0 Å². The Hall–Kier alpha value is -1.82. The maximum absolute atomic E-state index is 11.9. The molecule has 0 aliphatic heterocycles. The Balaban J connectivity index is 1.41. The van der Waals surface area contributed by atoms with E-state index in [0.717, 1.165) is 36.8 Å².